The highest BCUT2D eigenvalue weighted by molar-refractivity contribution is 5.40. The molecular formula is C12H18N2. The maximum Gasteiger partial charge on any atom is 0.0317 e. The van der Waals surface area contributed by atoms with Crippen LogP contribution in [-0.4, -0.2) is 18.5 Å². The topological polar surface area (TPSA) is 29.3 Å². The van der Waals surface area contributed by atoms with Crippen molar-refractivity contribution in [2.24, 2.45) is 5.92 Å². The molecule has 1 aliphatic rings. The number of rotatable bonds is 4. The number of hydrogen-bond donors (Lipinski definition) is 1. The molecule has 76 valence electrons. The first-order valence-electron chi connectivity index (χ1n) is 5.27. The van der Waals surface area contributed by atoms with Gasteiger partial charge in [0.05, 0.1) is 0 Å². The molecule has 0 amide bonds. The number of nitrogens with zero attached hydrogens (tertiary/aromatic N) is 1. The van der Waals surface area contributed by atoms with Crippen LogP contribution < -0.4 is 5.73 Å². The molecule has 0 radical (unpaired) electrons. The minimum Gasteiger partial charge on any atom is -0.399 e. The summed E-state index contributed by atoms with van der Waals surface area (Å²) < 4.78 is 0. The zero-order valence-electron chi connectivity index (χ0n) is 8.74. The second-order valence-corrected chi connectivity index (χ2v) is 4.39. The van der Waals surface area contributed by atoms with Crippen LogP contribution in [0.4, 0.5) is 5.69 Å². The van der Waals surface area contributed by atoms with Crippen molar-refractivity contribution in [2.75, 3.05) is 19.3 Å². The van der Waals surface area contributed by atoms with E-state index in [4.69, 9.17) is 5.73 Å². The van der Waals surface area contributed by atoms with Crippen LogP contribution in [0.15, 0.2) is 24.3 Å². The van der Waals surface area contributed by atoms with E-state index < -0.39 is 0 Å². The third-order valence-corrected chi connectivity index (χ3v) is 2.67. The average molecular weight is 190 g/mol. The lowest BCUT2D eigenvalue weighted by Gasteiger charge is -2.16. The van der Waals surface area contributed by atoms with Crippen LogP contribution in [-0.2, 0) is 6.54 Å². The summed E-state index contributed by atoms with van der Waals surface area (Å²) in [6, 6.07) is 8.16. The fourth-order valence-electron chi connectivity index (χ4n) is 1.81. The Morgan fingerprint density at radius 2 is 2.21 bits per heavy atom. The van der Waals surface area contributed by atoms with Crippen molar-refractivity contribution >= 4 is 5.69 Å². The van der Waals surface area contributed by atoms with E-state index in [1.807, 2.05) is 12.1 Å². The fourth-order valence-corrected chi connectivity index (χ4v) is 1.81. The molecule has 0 spiro atoms. The highest BCUT2D eigenvalue weighted by Crippen LogP contribution is 2.29. The van der Waals surface area contributed by atoms with Crippen molar-refractivity contribution in [2.45, 2.75) is 19.4 Å². The second kappa shape index (κ2) is 4.01. The lowest BCUT2D eigenvalue weighted by atomic mass is 10.2. The molecule has 1 saturated carbocycles. The fraction of sp³-hybridized carbons (Fsp3) is 0.500. The summed E-state index contributed by atoms with van der Waals surface area (Å²) in [5, 5.41) is 0. The van der Waals surface area contributed by atoms with Crippen molar-refractivity contribution in [3.8, 4) is 0 Å². The number of nitrogens with two attached hydrogens (primary N) is 1. The third-order valence-electron chi connectivity index (χ3n) is 2.67. The van der Waals surface area contributed by atoms with Crippen LogP contribution in [0.3, 0.4) is 0 Å². The third kappa shape index (κ3) is 2.74. The number of hydrogen-bond acceptors (Lipinski definition) is 2. The standard InChI is InChI=1S/C12H18N2/c1-14(8-10-5-6-10)9-11-3-2-4-12(13)7-11/h2-4,7,10H,5-6,8-9,13H2,1H3. The Bertz CT molecular complexity index is 305. The summed E-state index contributed by atoms with van der Waals surface area (Å²) in [5.74, 6) is 0.959. The van der Waals surface area contributed by atoms with Crippen molar-refractivity contribution in [1.29, 1.82) is 0 Å². The average Bonchev–Trinajstić information content (AvgIpc) is 2.87. The molecule has 0 atom stereocenters. The summed E-state index contributed by atoms with van der Waals surface area (Å²) in [6.07, 6.45) is 2.84. The summed E-state index contributed by atoms with van der Waals surface area (Å²) in [4.78, 5) is 2.38. The largest absolute Gasteiger partial charge is 0.399 e. The van der Waals surface area contributed by atoms with Gasteiger partial charge in [0.1, 0.15) is 0 Å². The van der Waals surface area contributed by atoms with Gasteiger partial charge in [-0.05, 0) is 43.5 Å². The molecule has 2 N–H and O–H groups in total. The van der Waals surface area contributed by atoms with E-state index in [-0.39, 0.29) is 0 Å². The van der Waals surface area contributed by atoms with E-state index in [1.165, 1.54) is 24.9 Å². The molecule has 14 heavy (non-hydrogen) atoms. The number of benzene rings is 1. The van der Waals surface area contributed by atoms with Crippen LogP contribution in [0.2, 0.25) is 0 Å². The molecule has 1 aromatic rings. The molecule has 2 nitrogen and oxygen atoms in total. The molecule has 1 fully saturated rings. The van der Waals surface area contributed by atoms with Gasteiger partial charge in [0.15, 0.2) is 0 Å². The molecule has 0 saturated heterocycles. The van der Waals surface area contributed by atoms with Crippen LogP contribution in [0, 0.1) is 5.92 Å². The van der Waals surface area contributed by atoms with Gasteiger partial charge in [-0.3, -0.25) is 0 Å². The van der Waals surface area contributed by atoms with Gasteiger partial charge in [-0.15, -0.1) is 0 Å². The summed E-state index contributed by atoms with van der Waals surface area (Å²) in [7, 11) is 2.18. The number of anilines is 1. The summed E-state index contributed by atoms with van der Waals surface area (Å²) in [6.45, 7) is 2.25. The molecule has 0 unspecified atom stereocenters. The smallest absolute Gasteiger partial charge is 0.0317 e. The predicted molar refractivity (Wildman–Crippen MR) is 59.9 cm³/mol. The maximum absolute atomic E-state index is 5.73. The maximum atomic E-state index is 5.73. The van der Waals surface area contributed by atoms with Gasteiger partial charge >= 0.3 is 0 Å². The molecule has 1 aliphatic carbocycles. The normalized spacial score (nSPS) is 16.1. The van der Waals surface area contributed by atoms with E-state index in [0.717, 1.165) is 18.2 Å². The molecule has 2 rings (SSSR count). The Labute approximate surface area is 85.7 Å². The zero-order valence-corrected chi connectivity index (χ0v) is 8.74. The Hall–Kier alpha value is -1.02. The quantitative estimate of drug-likeness (QED) is 0.737. The lowest BCUT2D eigenvalue weighted by Crippen LogP contribution is -2.20. The van der Waals surface area contributed by atoms with Crippen LogP contribution in [0.1, 0.15) is 18.4 Å². The molecule has 0 aliphatic heterocycles. The highest BCUT2D eigenvalue weighted by atomic mass is 15.1. The molecular weight excluding hydrogens is 172 g/mol. The van der Waals surface area contributed by atoms with Crippen molar-refractivity contribution in [1.82, 2.24) is 4.90 Å². The van der Waals surface area contributed by atoms with Crippen molar-refractivity contribution < 1.29 is 0 Å². The Morgan fingerprint density at radius 3 is 2.86 bits per heavy atom. The second-order valence-electron chi connectivity index (χ2n) is 4.39. The highest BCUT2D eigenvalue weighted by Gasteiger charge is 2.22. The molecule has 2 heteroatoms. The van der Waals surface area contributed by atoms with Gasteiger partial charge < -0.3 is 10.6 Å². The van der Waals surface area contributed by atoms with Gasteiger partial charge in [0.2, 0.25) is 0 Å². The Balaban J connectivity index is 1.88. The van der Waals surface area contributed by atoms with E-state index >= 15 is 0 Å². The Morgan fingerprint density at radius 1 is 1.43 bits per heavy atom. The minimum absolute atomic E-state index is 0.863. The minimum atomic E-state index is 0.863. The van der Waals surface area contributed by atoms with Gasteiger partial charge in [-0.25, -0.2) is 0 Å². The van der Waals surface area contributed by atoms with Gasteiger partial charge in [0, 0.05) is 18.8 Å². The zero-order chi connectivity index (χ0) is 9.97. The monoisotopic (exact) mass is 190 g/mol. The van der Waals surface area contributed by atoms with Crippen LogP contribution in [0.5, 0.6) is 0 Å². The lowest BCUT2D eigenvalue weighted by molar-refractivity contribution is 0.313. The summed E-state index contributed by atoms with van der Waals surface area (Å²) >= 11 is 0. The molecule has 0 bridgehead atoms. The van der Waals surface area contributed by atoms with Gasteiger partial charge in [-0.2, -0.15) is 0 Å². The van der Waals surface area contributed by atoms with Crippen LogP contribution in [0.25, 0.3) is 0 Å². The van der Waals surface area contributed by atoms with E-state index in [1.54, 1.807) is 0 Å². The SMILES string of the molecule is CN(Cc1cccc(N)c1)CC1CC1. The first-order valence-corrected chi connectivity index (χ1v) is 5.27. The van der Waals surface area contributed by atoms with Crippen LogP contribution >= 0.6 is 0 Å². The summed E-state index contributed by atoms with van der Waals surface area (Å²) in [5.41, 5.74) is 7.91. The molecule has 0 heterocycles. The van der Waals surface area contributed by atoms with Crippen molar-refractivity contribution in [3.05, 3.63) is 29.8 Å². The van der Waals surface area contributed by atoms with E-state index in [0.29, 0.717) is 0 Å². The van der Waals surface area contributed by atoms with E-state index in [9.17, 15) is 0 Å². The first kappa shape index (κ1) is 9.53. The molecule has 0 aromatic heterocycles. The van der Waals surface area contributed by atoms with Gasteiger partial charge in [-0.1, -0.05) is 12.1 Å². The van der Waals surface area contributed by atoms with E-state index in [2.05, 4.69) is 24.1 Å². The van der Waals surface area contributed by atoms with Gasteiger partial charge in [0.25, 0.3) is 0 Å². The first-order chi connectivity index (χ1) is 6.74. The Kier molecular flexibility index (Phi) is 2.73. The molecule has 1 aromatic carbocycles. The number of nitrogen functional groups attached to an aromatic ring is 1. The predicted octanol–water partition coefficient (Wildman–Crippen LogP) is 2.11. The van der Waals surface area contributed by atoms with Crippen molar-refractivity contribution in [3.63, 3.8) is 0 Å².